The van der Waals surface area contributed by atoms with Crippen LogP contribution in [0.2, 0.25) is 5.02 Å². The number of halogens is 1. The van der Waals surface area contributed by atoms with Gasteiger partial charge in [0.25, 0.3) is 0 Å². The summed E-state index contributed by atoms with van der Waals surface area (Å²) in [5.74, 6) is 2.55. The van der Waals surface area contributed by atoms with Gasteiger partial charge in [-0.2, -0.15) is 0 Å². The molecule has 0 atom stereocenters. The van der Waals surface area contributed by atoms with E-state index in [1.807, 2.05) is 0 Å². The molecule has 3 heteroatoms. The molecule has 0 saturated heterocycles. The number of hydrogen-bond acceptors (Lipinski definition) is 1. The predicted molar refractivity (Wildman–Crippen MR) is 48.1 cm³/mol. The van der Waals surface area contributed by atoms with E-state index >= 15 is 0 Å². The molecule has 0 aliphatic carbocycles. The first-order chi connectivity index (χ1) is 5.81. The van der Waals surface area contributed by atoms with Crippen LogP contribution in [-0.2, 0) is 0 Å². The predicted octanol–water partition coefficient (Wildman–Crippen LogP) is 1.97. The lowest BCUT2D eigenvalue weighted by Gasteiger charge is -1.97. The summed E-state index contributed by atoms with van der Waals surface area (Å²) in [6.07, 6.45) is 10.4. The molecule has 0 N–H and O–H groups in total. The van der Waals surface area contributed by atoms with E-state index in [2.05, 4.69) is 10.9 Å². The second-order valence-corrected chi connectivity index (χ2v) is 2.84. The molecule has 2 aromatic heterocycles. The van der Waals surface area contributed by atoms with Crippen LogP contribution in [-0.4, -0.2) is 9.38 Å². The molecule has 0 amide bonds. The fourth-order valence-electron chi connectivity index (χ4n) is 1.11. The molecule has 2 rings (SSSR count). The number of aromatic nitrogens is 2. The van der Waals surface area contributed by atoms with Gasteiger partial charge in [0.2, 0.25) is 0 Å². The van der Waals surface area contributed by atoms with Crippen molar-refractivity contribution in [2.24, 2.45) is 0 Å². The number of nitrogens with zero attached hydrogens (tertiary/aromatic N) is 2. The zero-order valence-corrected chi connectivity index (χ0v) is 6.92. The number of terminal acetylenes is 1. The highest BCUT2D eigenvalue weighted by atomic mass is 35.5. The molecule has 0 aromatic carbocycles. The molecule has 2 aromatic rings. The molecule has 0 radical (unpaired) electrons. The van der Waals surface area contributed by atoms with Crippen molar-refractivity contribution in [2.75, 3.05) is 0 Å². The van der Waals surface area contributed by atoms with Gasteiger partial charge >= 0.3 is 0 Å². The standard InChI is InChI=1S/C9H5ClN2/c1-2-7-3-8(10)5-12-6-11-4-9(7)12/h1,3-6H. The highest BCUT2D eigenvalue weighted by Gasteiger charge is 2.00. The molecule has 0 aliphatic rings. The lowest BCUT2D eigenvalue weighted by Crippen LogP contribution is -1.85. The van der Waals surface area contributed by atoms with Crippen LogP contribution in [0.1, 0.15) is 5.56 Å². The second kappa shape index (κ2) is 2.54. The summed E-state index contributed by atoms with van der Waals surface area (Å²) in [7, 11) is 0. The molecule has 0 unspecified atom stereocenters. The van der Waals surface area contributed by atoms with Crippen LogP contribution in [0.15, 0.2) is 24.8 Å². The quantitative estimate of drug-likeness (QED) is 0.561. The Morgan fingerprint density at radius 3 is 3.17 bits per heavy atom. The van der Waals surface area contributed by atoms with Crippen molar-refractivity contribution in [1.29, 1.82) is 0 Å². The number of hydrogen-bond donors (Lipinski definition) is 0. The first-order valence-electron chi connectivity index (χ1n) is 3.39. The van der Waals surface area contributed by atoms with Gasteiger partial charge in [-0.3, -0.25) is 0 Å². The summed E-state index contributed by atoms with van der Waals surface area (Å²) in [4.78, 5) is 3.96. The Balaban J connectivity index is 2.91. The van der Waals surface area contributed by atoms with E-state index in [0.717, 1.165) is 11.1 Å². The van der Waals surface area contributed by atoms with Gasteiger partial charge in [0.15, 0.2) is 0 Å². The van der Waals surface area contributed by atoms with Gasteiger partial charge in [0.1, 0.15) is 0 Å². The zero-order chi connectivity index (χ0) is 8.55. The molecular weight excluding hydrogens is 172 g/mol. The van der Waals surface area contributed by atoms with Gasteiger partial charge in [-0.25, -0.2) is 4.98 Å². The summed E-state index contributed by atoms with van der Waals surface area (Å²) in [6, 6.07) is 1.75. The number of pyridine rings is 1. The van der Waals surface area contributed by atoms with Crippen molar-refractivity contribution in [2.45, 2.75) is 0 Å². The third kappa shape index (κ3) is 0.956. The van der Waals surface area contributed by atoms with Gasteiger partial charge in [-0.1, -0.05) is 17.5 Å². The van der Waals surface area contributed by atoms with Crippen LogP contribution >= 0.6 is 11.6 Å². The van der Waals surface area contributed by atoms with Crippen LogP contribution < -0.4 is 0 Å². The van der Waals surface area contributed by atoms with E-state index in [0.29, 0.717) is 5.02 Å². The van der Waals surface area contributed by atoms with E-state index in [-0.39, 0.29) is 0 Å². The Morgan fingerprint density at radius 2 is 2.42 bits per heavy atom. The van der Waals surface area contributed by atoms with Crippen LogP contribution in [0, 0.1) is 12.3 Å². The number of imidazole rings is 1. The van der Waals surface area contributed by atoms with E-state index in [9.17, 15) is 0 Å². The average Bonchev–Trinajstić information content (AvgIpc) is 2.50. The van der Waals surface area contributed by atoms with Crippen LogP contribution in [0.4, 0.5) is 0 Å². The fraction of sp³-hybridized carbons (Fsp3) is 0. The molecule has 0 aliphatic heterocycles. The molecule has 0 bridgehead atoms. The Bertz CT molecular complexity index is 465. The van der Waals surface area contributed by atoms with E-state index in [4.69, 9.17) is 18.0 Å². The molecule has 58 valence electrons. The molecule has 0 spiro atoms. The van der Waals surface area contributed by atoms with Gasteiger partial charge in [0.05, 0.1) is 28.6 Å². The minimum absolute atomic E-state index is 0.619. The van der Waals surface area contributed by atoms with E-state index < -0.39 is 0 Å². The Kier molecular flexibility index (Phi) is 1.53. The number of rotatable bonds is 0. The van der Waals surface area contributed by atoms with Crippen molar-refractivity contribution < 1.29 is 0 Å². The number of fused-ring (bicyclic) bond motifs is 1. The highest BCUT2D eigenvalue weighted by molar-refractivity contribution is 6.30. The average molecular weight is 177 g/mol. The van der Waals surface area contributed by atoms with Gasteiger partial charge in [-0.15, -0.1) is 6.42 Å². The van der Waals surface area contributed by atoms with Gasteiger partial charge < -0.3 is 4.40 Å². The Labute approximate surface area is 74.8 Å². The zero-order valence-electron chi connectivity index (χ0n) is 6.16. The molecule has 2 heterocycles. The van der Waals surface area contributed by atoms with Crippen molar-refractivity contribution in [3.8, 4) is 12.3 Å². The van der Waals surface area contributed by atoms with E-state index in [1.54, 1.807) is 29.2 Å². The third-order valence-electron chi connectivity index (χ3n) is 1.64. The van der Waals surface area contributed by atoms with Crippen LogP contribution in [0.3, 0.4) is 0 Å². The van der Waals surface area contributed by atoms with Gasteiger partial charge in [-0.05, 0) is 6.07 Å². The molecule has 0 saturated carbocycles. The van der Waals surface area contributed by atoms with Crippen molar-refractivity contribution >= 4 is 17.1 Å². The maximum absolute atomic E-state index is 5.82. The maximum Gasteiger partial charge on any atom is 0.0992 e. The van der Waals surface area contributed by atoms with Crippen LogP contribution in [0.5, 0.6) is 0 Å². The maximum atomic E-state index is 5.82. The summed E-state index contributed by atoms with van der Waals surface area (Å²) in [6.45, 7) is 0. The molecular formula is C9H5ClN2. The summed E-state index contributed by atoms with van der Waals surface area (Å²) >= 11 is 5.82. The first-order valence-corrected chi connectivity index (χ1v) is 3.77. The smallest absolute Gasteiger partial charge is 0.0992 e. The highest BCUT2D eigenvalue weighted by Crippen LogP contribution is 2.15. The monoisotopic (exact) mass is 176 g/mol. The molecule has 0 fully saturated rings. The van der Waals surface area contributed by atoms with Crippen molar-refractivity contribution in [3.63, 3.8) is 0 Å². The van der Waals surface area contributed by atoms with Gasteiger partial charge in [0, 0.05) is 6.20 Å². The molecule has 12 heavy (non-hydrogen) atoms. The summed E-state index contributed by atoms with van der Waals surface area (Å²) < 4.78 is 1.80. The van der Waals surface area contributed by atoms with Crippen LogP contribution in [0.25, 0.3) is 5.52 Å². The molecule has 2 nitrogen and oxygen atoms in total. The largest absolute Gasteiger partial charge is 0.304 e. The fourth-order valence-corrected chi connectivity index (χ4v) is 1.33. The van der Waals surface area contributed by atoms with Crippen molar-refractivity contribution in [1.82, 2.24) is 9.38 Å². The summed E-state index contributed by atoms with van der Waals surface area (Å²) in [5, 5.41) is 0.619. The second-order valence-electron chi connectivity index (χ2n) is 2.40. The minimum atomic E-state index is 0.619. The SMILES string of the molecule is C#Cc1cc(Cl)cn2cncc12. The van der Waals surface area contributed by atoms with E-state index in [1.165, 1.54) is 0 Å². The summed E-state index contributed by atoms with van der Waals surface area (Å²) in [5.41, 5.74) is 1.67. The topological polar surface area (TPSA) is 17.3 Å². The first kappa shape index (κ1) is 7.20. The Morgan fingerprint density at radius 1 is 1.58 bits per heavy atom. The minimum Gasteiger partial charge on any atom is -0.304 e. The lowest BCUT2D eigenvalue weighted by atomic mass is 10.2. The normalized spacial score (nSPS) is 10.0. The third-order valence-corrected chi connectivity index (χ3v) is 1.85. The van der Waals surface area contributed by atoms with Crippen molar-refractivity contribution in [3.05, 3.63) is 35.4 Å². The lowest BCUT2D eigenvalue weighted by molar-refractivity contribution is 1.15. The Hall–Kier alpha value is -1.46.